The van der Waals surface area contributed by atoms with Gasteiger partial charge in [0.25, 0.3) is 0 Å². The van der Waals surface area contributed by atoms with Gasteiger partial charge >= 0.3 is 5.97 Å². The van der Waals surface area contributed by atoms with Crippen molar-refractivity contribution < 1.29 is 9.53 Å². The van der Waals surface area contributed by atoms with Crippen molar-refractivity contribution in [2.75, 3.05) is 6.61 Å². The lowest BCUT2D eigenvalue weighted by Crippen LogP contribution is -2.21. The van der Waals surface area contributed by atoms with Gasteiger partial charge in [-0.25, -0.2) is 4.79 Å². The van der Waals surface area contributed by atoms with Crippen LogP contribution in [0.3, 0.4) is 0 Å². The number of hydrogen-bond acceptors (Lipinski definition) is 2. The fourth-order valence-corrected chi connectivity index (χ4v) is 2.68. The van der Waals surface area contributed by atoms with Crippen molar-refractivity contribution in [3.05, 3.63) is 12.2 Å². The average molecular weight is 238 g/mol. The van der Waals surface area contributed by atoms with E-state index in [1.165, 1.54) is 32.1 Å². The Balaban J connectivity index is 2.31. The largest absolute Gasteiger partial charge is 0.463 e. The summed E-state index contributed by atoms with van der Waals surface area (Å²) in [7, 11) is 0. The van der Waals surface area contributed by atoms with Crippen LogP contribution >= 0.6 is 0 Å². The van der Waals surface area contributed by atoms with Crippen molar-refractivity contribution in [3.63, 3.8) is 0 Å². The van der Waals surface area contributed by atoms with Gasteiger partial charge in [0.05, 0.1) is 6.61 Å². The Morgan fingerprint density at radius 2 is 1.88 bits per heavy atom. The summed E-state index contributed by atoms with van der Waals surface area (Å²) in [5, 5.41) is 0. The third-order valence-corrected chi connectivity index (χ3v) is 3.84. The van der Waals surface area contributed by atoms with Crippen molar-refractivity contribution in [2.45, 2.75) is 58.8 Å². The van der Waals surface area contributed by atoms with Crippen LogP contribution in [0.15, 0.2) is 12.2 Å². The minimum Gasteiger partial charge on any atom is -0.463 e. The normalized spacial score (nSPS) is 24.4. The first-order valence-electron chi connectivity index (χ1n) is 7.04. The van der Waals surface area contributed by atoms with E-state index in [2.05, 4.69) is 13.5 Å². The molecule has 0 spiro atoms. The first-order chi connectivity index (χ1) is 8.19. The summed E-state index contributed by atoms with van der Waals surface area (Å²) < 4.78 is 5.01. The highest BCUT2D eigenvalue weighted by atomic mass is 16.5. The predicted octanol–water partition coefficient (Wildman–Crippen LogP) is 4.10. The molecule has 2 heteroatoms. The lowest BCUT2D eigenvalue weighted by Gasteiger charge is -2.28. The molecule has 0 N–H and O–H groups in total. The van der Waals surface area contributed by atoms with E-state index in [-0.39, 0.29) is 5.97 Å². The highest BCUT2D eigenvalue weighted by Crippen LogP contribution is 2.35. The van der Waals surface area contributed by atoms with Gasteiger partial charge in [0.15, 0.2) is 0 Å². The Labute approximate surface area is 105 Å². The van der Waals surface area contributed by atoms with E-state index in [1.54, 1.807) is 0 Å². The Bertz CT molecular complexity index is 250. The Kier molecular flexibility index (Phi) is 6.31. The van der Waals surface area contributed by atoms with Crippen molar-refractivity contribution in [1.29, 1.82) is 0 Å². The number of ether oxygens (including phenoxy) is 1. The first kappa shape index (κ1) is 14.3. The molecule has 17 heavy (non-hydrogen) atoms. The quantitative estimate of drug-likeness (QED) is 0.514. The molecule has 0 heterocycles. The van der Waals surface area contributed by atoms with Crippen LogP contribution in [0, 0.1) is 11.8 Å². The topological polar surface area (TPSA) is 26.3 Å². The molecule has 0 bridgehead atoms. The van der Waals surface area contributed by atoms with E-state index in [4.69, 9.17) is 4.74 Å². The fourth-order valence-electron chi connectivity index (χ4n) is 2.68. The number of carbonyl (C=O) groups is 1. The molecule has 0 unspecified atom stereocenters. The third kappa shape index (κ3) is 4.53. The van der Waals surface area contributed by atoms with Crippen LogP contribution in [-0.2, 0) is 9.53 Å². The standard InChI is InChI=1S/C15H26O2/c1-4-6-7-13-8-10-14(11-9-13)12(3)15(16)17-5-2/h13-14H,3-11H2,1-2H3. The number of unbranched alkanes of at least 4 members (excludes halogenated alkanes) is 1. The van der Waals surface area contributed by atoms with Crippen molar-refractivity contribution in [2.24, 2.45) is 11.8 Å². The second kappa shape index (κ2) is 7.52. The Morgan fingerprint density at radius 3 is 2.41 bits per heavy atom. The number of carbonyl (C=O) groups excluding carboxylic acids is 1. The summed E-state index contributed by atoms with van der Waals surface area (Å²) in [5.74, 6) is 1.05. The van der Waals surface area contributed by atoms with Crippen molar-refractivity contribution in [3.8, 4) is 0 Å². The van der Waals surface area contributed by atoms with Gasteiger partial charge in [0.2, 0.25) is 0 Å². The van der Waals surface area contributed by atoms with Crippen LogP contribution in [0.25, 0.3) is 0 Å². The van der Waals surface area contributed by atoms with E-state index in [1.807, 2.05) is 6.92 Å². The summed E-state index contributed by atoms with van der Waals surface area (Å²) in [6, 6.07) is 0. The molecule has 1 rings (SSSR count). The third-order valence-electron chi connectivity index (χ3n) is 3.84. The summed E-state index contributed by atoms with van der Waals surface area (Å²) in [6.07, 6.45) is 8.73. The molecule has 0 radical (unpaired) electrons. The summed E-state index contributed by atoms with van der Waals surface area (Å²) >= 11 is 0. The lowest BCUT2D eigenvalue weighted by molar-refractivity contribution is -0.139. The highest BCUT2D eigenvalue weighted by Gasteiger charge is 2.26. The second-order valence-corrected chi connectivity index (χ2v) is 5.11. The van der Waals surface area contributed by atoms with Crippen LogP contribution < -0.4 is 0 Å². The molecule has 1 aliphatic rings. The van der Waals surface area contributed by atoms with E-state index in [0.717, 1.165) is 18.8 Å². The van der Waals surface area contributed by atoms with Gasteiger partial charge in [-0.3, -0.25) is 0 Å². The maximum atomic E-state index is 11.6. The zero-order valence-electron chi connectivity index (χ0n) is 11.3. The molecule has 1 fully saturated rings. The molecule has 0 atom stereocenters. The zero-order valence-corrected chi connectivity index (χ0v) is 11.3. The molecule has 1 aliphatic carbocycles. The van der Waals surface area contributed by atoms with Gasteiger partial charge in [-0.1, -0.05) is 32.8 Å². The molecule has 0 aromatic carbocycles. The number of esters is 1. The van der Waals surface area contributed by atoms with Crippen LogP contribution in [0.1, 0.15) is 58.8 Å². The maximum Gasteiger partial charge on any atom is 0.333 e. The predicted molar refractivity (Wildman–Crippen MR) is 70.7 cm³/mol. The second-order valence-electron chi connectivity index (χ2n) is 5.11. The molecule has 98 valence electrons. The van der Waals surface area contributed by atoms with E-state index in [0.29, 0.717) is 18.1 Å². The minimum absolute atomic E-state index is 0.190. The average Bonchev–Trinajstić information content (AvgIpc) is 2.36. The van der Waals surface area contributed by atoms with Crippen molar-refractivity contribution >= 4 is 5.97 Å². The van der Waals surface area contributed by atoms with Crippen LogP contribution in [0.5, 0.6) is 0 Å². The Hall–Kier alpha value is -0.790. The Morgan fingerprint density at radius 1 is 1.24 bits per heavy atom. The molecule has 0 saturated heterocycles. The summed E-state index contributed by atoms with van der Waals surface area (Å²) in [6.45, 7) is 8.44. The molecule has 1 saturated carbocycles. The number of rotatable bonds is 6. The zero-order chi connectivity index (χ0) is 12.7. The lowest BCUT2D eigenvalue weighted by atomic mass is 9.77. The van der Waals surface area contributed by atoms with Crippen LogP contribution in [0.4, 0.5) is 0 Å². The smallest absolute Gasteiger partial charge is 0.333 e. The van der Waals surface area contributed by atoms with Gasteiger partial charge in [0, 0.05) is 5.57 Å². The van der Waals surface area contributed by atoms with Gasteiger partial charge in [-0.15, -0.1) is 0 Å². The summed E-state index contributed by atoms with van der Waals surface area (Å²) in [4.78, 5) is 11.6. The SMILES string of the molecule is C=C(C(=O)OCC)C1CCC(CCCC)CC1. The summed E-state index contributed by atoms with van der Waals surface area (Å²) in [5.41, 5.74) is 0.695. The molecule has 2 nitrogen and oxygen atoms in total. The van der Waals surface area contributed by atoms with Gasteiger partial charge in [-0.05, 0) is 44.4 Å². The number of hydrogen-bond donors (Lipinski definition) is 0. The van der Waals surface area contributed by atoms with Crippen LogP contribution in [-0.4, -0.2) is 12.6 Å². The molecule has 0 aliphatic heterocycles. The van der Waals surface area contributed by atoms with Gasteiger partial charge in [0.1, 0.15) is 0 Å². The molecular formula is C15H26O2. The van der Waals surface area contributed by atoms with Crippen molar-refractivity contribution in [1.82, 2.24) is 0 Å². The molecule has 0 amide bonds. The monoisotopic (exact) mass is 238 g/mol. The minimum atomic E-state index is -0.190. The van der Waals surface area contributed by atoms with E-state index >= 15 is 0 Å². The molecule has 0 aromatic heterocycles. The van der Waals surface area contributed by atoms with Gasteiger partial charge in [-0.2, -0.15) is 0 Å². The molecule has 0 aromatic rings. The maximum absolute atomic E-state index is 11.6. The van der Waals surface area contributed by atoms with E-state index < -0.39 is 0 Å². The van der Waals surface area contributed by atoms with E-state index in [9.17, 15) is 4.79 Å². The first-order valence-corrected chi connectivity index (χ1v) is 7.04. The molecular weight excluding hydrogens is 212 g/mol. The highest BCUT2D eigenvalue weighted by molar-refractivity contribution is 5.88. The van der Waals surface area contributed by atoms with Crippen LogP contribution in [0.2, 0.25) is 0 Å². The van der Waals surface area contributed by atoms with Gasteiger partial charge < -0.3 is 4.74 Å². The fraction of sp³-hybridized carbons (Fsp3) is 0.800.